The lowest BCUT2D eigenvalue weighted by Crippen LogP contribution is -2.29. The van der Waals surface area contributed by atoms with Crippen molar-refractivity contribution in [2.75, 3.05) is 18.4 Å². The predicted octanol–water partition coefficient (Wildman–Crippen LogP) is 3.19. The third-order valence-corrected chi connectivity index (χ3v) is 5.08. The highest BCUT2D eigenvalue weighted by Crippen LogP contribution is 2.32. The van der Waals surface area contributed by atoms with Crippen LogP contribution in [0.4, 0.5) is 10.9 Å². The second-order valence-electron chi connectivity index (χ2n) is 6.04. The number of fused-ring (bicyclic) bond motifs is 1. The molecule has 4 N–H and O–H groups in total. The zero-order valence-electron chi connectivity index (χ0n) is 14.9. The number of pyridine rings is 2. The third kappa shape index (κ3) is 3.83. The second-order valence-corrected chi connectivity index (χ2v) is 7.07. The number of anilines is 2. The Balaban J connectivity index is 1.57. The van der Waals surface area contributed by atoms with Crippen LogP contribution in [0.1, 0.15) is 10.4 Å². The van der Waals surface area contributed by atoms with Gasteiger partial charge >= 0.3 is 0 Å². The molecule has 28 heavy (non-hydrogen) atoms. The van der Waals surface area contributed by atoms with Gasteiger partial charge in [-0.25, -0.2) is 9.97 Å². The quantitative estimate of drug-likeness (QED) is 0.467. The highest BCUT2D eigenvalue weighted by atomic mass is 32.1. The van der Waals surface area contributed by atoms with E-state index in [0.717, 1.165) is 32.2 Å². The third-order valence-electron chi connectivity index (χ3n) is 4.12. The minimum atomic E-state index is -0.192. The lowest BCUT2D eigenvalue weighted by molar-refractivity contribution is 0.0954. The van der Waals surface area contributed by atoms with Crippen molar-refractivity contribution in [3.63, 3.8) is 0 Å². The van der Waals surface area contributed by atoms with Crippen LogP contribution in [0.25, 0.3) is 21.2 Å². The van der Waals surface area contributed by atoms with Crippen LogP contribution in [0.3, 0.4) is 0 Å². The minimum absolute atomic E-state index is 0.192. The summed E-state index contributed by atoms with van der Waals surface area (Å²) >= 11 is 1.47. The summed E-state index contributed by atoms with van der Waals surface area (Å²) in [7, 11) is 0. The standard InChI is InChI=1S/C20H18N6OS/c21-6-8-24-19(27)15-9-14(10-22-11-15)17-12-25-20(28-17)26-18-16-4-2-1-3-13(16)5-7-23-18/h1-5,7,9-12H,6,8,21H2,(H,24,27)(H,23,25,26). The first-order chi connectivity index (χ1) is 13.7. The highest BCUT2D eigenvalue weighted by Gasteiger charge is 2.11. The van der Waals surface area contributed by atoms with E-state index in [0.29, 0.717) is 18.7 Å². The zero-order valence-corrected chi connectivity index (χ0v) is 15.7. The van der Waals surface area contributed by atoms with Crippen molar-refractivity contribution in [1.82, 2.24) is 20.3 Å². The maximum Gasteiger partial charge on any atom is 0.252 e. The zero-order chi connectivity index (χ0) is 19.3. The number of nitrogens with two attached hydrogens (primary N) is 1. The van der Waals surface area contributed by atoms with Crippen LogP contribution in [0.5, 0.6) is 0 Å². The molecule has 0 fully saturated rings. The molecule has 0 spiro atoms. The number of benzene rings is 1. The Hall–Kier alpha value is -3.36. The SMILES string of the molecule is NCCNC(=O)c1cncc(-c2cnc(Nc3nccc4ccccc34)s2)c1. The van der Waals surface area contributed by atoms with E-state index in [1.807, 2.05) is 30.3 Å². The molecule has 0 unspecified atom stereocenters. The van der Waals surface area contributed by atoms with Crippen molar-refractivity contribution in [3.05, 3.63) is 66.7 Å². The first kappa shape index (κ1) is 18.0. The molecule has 0 radical (unpaired) electrons. The van der Waals surface area contributed by atoms with Gasteiger partial charge in [-0.1, -0.05) is 35.6 Å². The van der Waals surface area contributed by atoms with Gasteiger partial charge in [0.15, 0.2) is 5.13 Å². The molecule has 0 saturated carbocycles. The Morgan fingerprint density at radius 3 is 2.89 bits per heavy atom. The van der Waals surface area contributed by atoms with Gasteiger partial charge in [0, 0.05) is 48.8 Å². The van der Waals surface area contributed by atoms with E-state index in [-0.39, 0.29) is 5.91 Å². The van der Waals surface area contributed by atoms with Crippen molar-refractivity contribution >= 4 is 39.0 Å². The molecule has 4 rings (SSSR count). The maximum absolute atomic E-state index is 12.1. The summed E-state index contributed by atoms with van der Waals surface area (Å²) < 4.78 is 0. The number of thiazole rings is 1. The Morgan fingerprint density at radius 1 is 1.11 bits per heavy atom. The summed E-state index contributed by atoms with van der Waals surface area (Å²) in [5, 5.41) is 8.89. The Bertz CT molecular complexity index is 1120. The molecule has 1 aromatic carbocycles. The van der Waals surface area contributed by atoms with E-state index < -0.39 is 0 Å². The fourth-order valence-corrected chi connectivity index (χ4v) is 3.57. The van der Waals surface area contributed by atoms with Crippen molar-refractivity contribution in [2.24, 2.45) is 5.73 Å². The number of hydrogen-bond acceptors (Lipinski definition) is 7. The van der Waals surface area contributed by atoms with Crippen LogP contribution in [0, 0.1) is 0 Å². The molecule has 4 aromatic rings. The van der Waals surface area contributed by atoms with Gasteiger partial charge < -0.3 is 16.4 Å². The molecule has 0 bridgehead atoms. The average Bonchev–Trinajstić information content (AvgIpc) is 3.21. The number of nitrogens with zero attached hydrogens (tertiary/aromatic N) is 3. The number of hydrogen-bond donors (Lipinski definition) is 3. The molecule has 3 aromatic heterocycles. The van der Waals surface area contributed by atoms with Gasteiger partial charge in [-0.3, -0.25) is 9.78 Å². The Labute approximate surface area is 165 Å². The molecular weight excluding hydrogens is 372 g/mol. The van der Waals surface area contributed by atoms with Crippen LogP contribution in [-0.2, 0) is 0 Å². The molecule has 0 aliphatic rings. The molecule has 7 nitrogen and oxygen atoms in total. The molecule has 0 aliphatic carbocycles. The van der Waals surface area contributed by atoms with Crippen molar-refractivity contribution < 1.29 is 4.79 Å². The normalized spacial score (nSPS) is 10.8. The number of aromatic nitrogens is 3. The average molecular weight is 390 g/mol. The van der Waals surface area contributed by atoms with Gasteiger partial charge in [-0.05, 0) is 17.5 Å². The van der Waals surface area contributed by atoms with E-state index >= 15 is 0 Å². The smallest absolute Gasteiger partial charge is 0.252 e. The molecule has 8 heteroatoms. The largest absolute Gasteiger partial charge is 0.351 e. The molecule has 0 aliphatic heterocycles. The Morgan fingerprint density at radius 2 is 2.00 bits per heavy atom. The number of amides is 1. The van der Waals surface area contributed by atoms with Crippen LogP contribution in [-0.4, -0.2) is 33.9 Å². The fourth-order valence-electron chi connectivity index (χ4n) is 2.77. The monoisotopic (exact) mass is 390 g/mol. The van der Waals surface area contributed by atoms with Crippen LogP contribution < -0.4 is 16.4 Å². The second kappa shape index (κ2) is 8.12. The van der Waals surface area contributed by atoms with E-state index in [2.05, 4.69) is 25.6 Å². The lowest BCUT2D eigenvalue weighted by atomic mass is 10.1. The van der Waals surface area contributed by atoms with Crippen LogP contribution in [0.15, 0.2) is 61.2 Å². The summed E-state index contributed by atoms with van der Waals surface area (Å²) in [6.07, 6.45) is 6.78. The van der Waals surface area contributed by atoms with E-state index in [4.69, 9.17) is 5.73 Å². The molecule has 140 valence electrons. The summed E-state index contributed by atoms with van der Waals surface area (Å²) in [5.74, 6) is 0.564. The van der Waals surface area contributed by atoms with Gasteiger partial charge in [0.2, 0.25) is 0 Å². The van der Waals surface area contributed by atoms with Crippen molar-refractivity contribution in [1.29, 1.82) is 0 Å². The first-order valence-electron chi connectivity index (χ1n) is 8.75. The topological polar surface area (TPSA) is 106 Å². The summed E-state index contributed by atoms with van der Waals surface area (Å²) in [6, 6.07) is 11.8. The van der Waals surface area contributed by atoms with Gasteiger partial charge in [0.05, 0.1) is 10.4 Å². The van der Waals surface area contributed by atoms with Crippen molar-refractivity contribution in [3.8, 4) is 10.4 Å². The van der Waals surface area contributed by atoms with E-state index in [1.54, 1.807) is 24.7 Å². The first-order valence-corrected chi connectivity index (χ1v) is 9.56. The number of nitrogens with one attached hydrogen (secondary N) is 2. The predicted molar refractivity (Wildman–Crippen MR) is 112 cm³/mol. The molecule has 0 saturated heterocycles. The van der Waals surface area contributed by atoms with Crippen LogP contribution >= 0.6 is 11.3 Å². The van der Waals surface area contributed by atoms with E-state index in [1.165, 1.54) is 17.5 Å². The minimum Gasteiger partial charge on any atom is -0.351 e. The van der Waals surface area contributed by atoms with Gasteiger partial charge in [-0.2, -0.15) is 0 Å². The summed E-state index contributed by atoms with van der Waals surface area (Å²) in [5.41, 5.74) is 6.75. The fraction of sp³-hybridized carbons (Fsp3) is 0.100. The van der Waals surface area contributed by atoms with Gasteiger partial charge in [0.25, 0.3) is 5.91 Å². The number of carbonyl (C=O) groups excluding carboxylic acids is 1. The Kier molecular flexibility index (Phi) is 5.22. The number of rotatable bonds is 6. The van der Waals surface area contributed by atoms with Crippen LogP contribution in [0.2, 0.25) is 0 Å². The highest BCUT2D eigenvalue weighted by molar-refractivity contribution is 7.18. The van der Waals surface area contributed by atoms with Gasteiger partial charge in [0.1, 0.15) is 5.82 Å². The van der Waals surface area contributed by atoms with E-state index in [9.17, 15) is 4.79 Å². The summed E-state index contributed by atoms with van der Waals surface area (Å²) in [4.78, 5) is 26.1. The molecule has 1 amide bonds. The molecule has 3 heterocycles. The van der Waals surface area contributed by atoms with Crippen molar-refractivity contribution in [2.45, 2.75) is 0 Å². The lowest BCUT2D eigenvalue weighted by Gasteiger charge is -2.06. The maximum atomic E-state index is 12.1. The number of carbonyl (C=O) groups is 1. The van der Waals surface area contributed by atoms with Gasteiger partial charge in [-0.15, -0.1) is 0 Å². The summed E-state index contributed by atoms with van der Waals surface area (Å²) in [6.45, 7) is 0.820. The molecule has 0 atom stereocenters. The molecular formula is C20H18N6OS.